The van der Waals surface area contributed by atoms with E-state index in [0.717, 1.165) is 6.54 Å². The van der Waals surface area contributed by atoms with Crippen LogP contribution in [0.2, 0.25) is 0 Å². The zero-order valence-electron chi connectivity index (χ0n) is 9.42. The number of rotatable bonds is 1. The van der Waals surface area contributed by atoms with Gasteiger partial charge >= 0.3 is 0 Å². The quantitative estimate of drug-likeness (QED) is 0.781. The first-order valence-corrected chi connectivity index (χ1v) is 6.02. The number of nitrogens with one attached hydrogen (secondary N) is 1. The number of halogens is 1. The lowest BCUT2D eigenvalue weighted by Gasteiger charge is -2.08. The van der Waals surface area contributed by atoms with E-state index in [1.165, 1.54) is 5.69 Å². The summed E-state index contributed by atoms with van der Waals surface area (Å²) in [5, 5.41) is 0. The van der Waals surface area contributed by atoms with E-state index < -0.39 is 0 Å². The molecular formula is C10H21BrN3+. The number of aromatic amines is 1. The van der Waals surface area contributed by atoms with Gasteiger partial charge in [0.05, 0.1) is 0 Å². The van der Waals surface area contributed by atoms with E-state index in [2.05, 4.69) is 25.8 Å². The smallest absolute Gasteiger partial charge is 0.169 e. The molecule has 3 N–H and O–H groups in total. The molecule has 1 rings (SSSR count). The van der Waals surface area contributed by atoms with Gasteiger partial charge in [0.2, 0.25) is 0 Å². The Kier molecular flexibility index (Phi) is 14.0. The Morgan fingerprint density at radius 2 is 1.64 bits per heavy atom. The Morgan fingerprint density at radius 1 is 1.29 bits per heavy atom. The molecule has 0 aliphatic heterocycles. The van der Waals surface area contributed by atoms with Crippen molar-refractivity contribution >= 4 is 21.6 Å². The van der Waals surface area contributed by atoms with Gasteiger partial charge in [-0.2, -0.15) is 0 Å². The molecule has 0 atom stereocenters. The first kappa shape index (κ1) is 15.8. The number of hydrogen-bond acceptors (Lipinski definition) is 2. The molecule has 0 aliphatic carbocycles. The third-order valence-electron chi connectivity index (χ3n) is 1.22. The highest BCUT2D eigenvalue weighted by Crippen LogP contribution is 2.04. The van der Waals surface area contributed by atoms with Crippen LogP contribution in [0.15, 0.2) is 24.5 Å². The molecule has 1 heterocycles. The van der Waals surface area contributed by atoms with Crippen molar-refractivity contribution < 1.29 is 4.98 Å². The Bertz CT molecular complexity index is 190. The number of pyridine rings is 1. The number of aromatic nitrogens is 1. The molecule has 0 aromatic carbocycles. The Labute approximate surface area is 95.5 Å². The maximum Gasteiger partial charge on any atom is 0.169 e. The van der Waals surface area contributed by atoms with E-state index >= 15 is 0 Å². The average molecular weight is 263 g/mol. The molecule has 82 valence electrons. The molecule has 0 saturated carbocycles. The van der Waals surface area contributed by atoms with Crippen LogP contribution in [0.3, 0.4) is 0 Å². The largest absolute Gasteiger partial charge is 0.377 e. The zero-order chi connectivity index (χ0) is 11.4. The van der Waals surface area contributed by atoms with Crippen molar-refractivity contribution in [3.63, 3.8) is 0 Å². The monoisotopic (exact) mass is 262 g/mol. The second-order valence-electron chi connectivity index (χ2n) is 2.56. The summed E-state index contributed by atoms with van der Waals surface area (Å²) in [6, 6.07) is 4.06. The fourth-order valence-corrected chi connectivity index (χ4v) is 0.676. The van der Waals surface area contributed by atoms with Crippen LogP contribution >= 0.6 is 15.9 Å². The number of H-pyrrole nitrogens is 1. The van der Waals surface area contributed by atoms with Crippen molar-refractivity contribution in [2.24, 2.45) is 5.73 Å². The Hall–Kier alpha value is -0.610. The summed E-state index contributed by atoms with van der Waals surface area (Å²) in [6.45, 7) is 2.65. The van der Waals surface area contributed by atoms with Crippen molar-refractivity contribution in [1.29, 1.82) is 0 Å². The SMILES string of the molecule is CBr.CCN.CN(C)c1cc[nH+]cc1. The molecule has 0 unspecified atom stereocenters. The summed E-state index contributed by atoms with van der Waals surface area (Å²) in [4.78, 5) is 5.02. The highest BCUT2D eigenvalue weighted by molar-refractivity contribution is 9.08. The number of alkyl halides is 1. The van der Waals surface area contributed by atoms with Crippen LogP contribution in [-0.2, 0) is 0 Å². The zero-order valence-corrected chi connectivity index (χ0v) is 11.0. The Morgan fingerprint density at radius 3 is 1.86 bits per heavy atom. The summed E-state index contributed by atoms with van der Waals surface area (Å²) in [5.41, 5.74) is 6.06. The third kappa shape index (κ3) is 9.48. The molecule has 0 spiro atoms. The second kappa shape index (κ2) is 12.4. The van der Waals surface area contributed by atoms with E-state index in [-0.39, 0.29) is 0 Å². The molecule has 0 aliphatic rings. The number of anilines is 1. The van der Waals surface area contributed by atoms with Gasteiger partial charge < -0.3 is 10.6 Å². The van der Waals surface area contributed by atoms with Gasteiger partial charge in [0.15, 0.2) is 12.4 Å². The lowest BCUT2D eigenvalue weighted by Crippen LogP contribution is -2.10. The van der Waals surface area contributed by atoms with Gasteiger partial charge in [-0.3, -0.25) is 0 Å². The summed E-state index contributed by atoms with van der Waals surface area (Å²) < 4.78 is 0. The molecule has 3 nitrogen and oxygen atoms in total. The van der Waals surface area contributed by atoms with Gasteiger partial charge in [0.1, 0.15) is 0 Å². The second-order valence-corrected chi connectivity index (χ2v) is 2.56. The van der Waals surface area contributed by atoms with Crippen LogP contribution in [0.5, 0.6) is 0 Å². The first-order valence-electron chi connectivity index (χ1n) is 4.43. The standard InChI is InChI=1S/C7H10N2.C2H7N.CH3Br/c1-9(2)7-3-5-8-6-4-7;1-2-3;1-2/h3-6H,1-2H3;2-3H2,1H3;1H3/p+1. The average Bonchev–Trinajstić information content (AvgIpc) is 2.23. The van der Waals surface area contributed by atoms with Crippen LogP contribution in [0.25, 0.3) is 0 Å². The summed E-state index contributed by atoms with van der Waals surface area (Å²) in [7, 11) is 4.05. The lowest BCUT2D eigenvalue weighted by atomic mass is 10.4. The minimum atomic E-state index is 0.750. The van der Waals surface area contributed by atoms with Crippen LogP contribution in [-0.4, -0.2) is 26.5 Å². The van der Waals surface area contributed by atoms with Crippen molar-refractivity contribution in [1.82, 2.24) is 0 Å². The van der Waals surface area contributed by atoms with Crippen molar-refractivity contribution in [2.75, 3.05) is 31.4 Å². The summed E-state index contributed by atoms with van der Waals surface area (Å²) in [6.07, 6.45) is 3.82. The van der Waals surface area contributed by atoms with E-state index in [1.807, 2.05) is 51.4 Å². The van der Waals surface area contributed by atoms with E-state index in [9.17, 15) is 0 Å². The molecule has 0 radical (unpaired) electrons. The van der Waals surface area contributed by atoms with E-state index in [4.69, 9.17) is 5.73 Å². The van der Waals surface area contributed by atoms with Crippen molar-refractivity contribution in [3.05, 3.63) is 24.5 Å². The minimum Gasteiger partial charge on any atom is -0.377 e. The predicted molar refractivity (Wildman–Crippen MR) is 66.9 cm³/mol. The van der Waals surface area contributed by atoms with Gasteiger partial charge in [0, 0.05) is 31.9 Å². The van der Waals surface area contributed by atoms with Crippen LogP contribution in [0, 0.1) is 0 Å². The van der Waals surface area contributed by atoms with Gasteiger partial charge in [0.25, 0.3) is 0 Å². The number of nitrogens with two attached hydrogens (primary N) is 1. The van der Waals surface area contributed by atoms with Gasteiger partial charge in [-0.15, -0.1) is 0 Å². The number of hydrogen-bond donors (Lipinski definition) is 1. The maximum atomic E-state index is 4.85. The molecule has 0 fully saturated rings. The molecule has 0 bridgehead atoms. The first-order chi connectivity index (χ1) is 6.72. The highest BCUT2D eigenvalue weighted by atomic mass is 79.9. The fourth-order valence-electron chi connectivity index (χ4n) is 0.676. The van der Waals surface area contributed by atoms with Crippen molar-refractivity contribution in [2.45, 2.75) is 6.92 Å². The summed E-state index contributed by atoms with van der Waals surface area (Å²) in [5.74, 6) is 1.81. The lowest BCUT2D eigenvalue weighted by molar-refractivity contribution is -0.377. The normalized spacial score (nSPS) is 7.57. The molecule has 0 amide bonds. The topological polar surface area (TPSA) is 43.4 Å². The van der Waals surface area contributed by atoms with Gasteiger partial charge in [-0.25, -0.2) is 4.98 Å². The highest BCUT2D eigenvalue weighted by Gasteiger charge is 1.91. The summed E-state index contributed by atoms with van der Waals surface area (Å²) >= 11 is 2.94. The van der Waals surface area contributed by atoms with Crippen LogP contribution in [0.4, 0.5) is 5.69 Å². The molecule has 1 aromatic rings. The van der Waals surface area contributed by atoms with E-state index in [0.29, 0.717) is 0 Å². The van der Waals surface area contributed by atoms with Gasteiger partial charge in [-0.1, -0.05) is 22.9 Å². The van der Waals surface area contributed by atoms with Crippen LogP contribution in [0.1, 0.15) is 6.92 Å². The molecule has 0 saturated heterocycles. The molecular weight excluding hydrogens is 242 g/mol. The maximum absolute atomic E-state index is 4.85. The molecule has 4 heteroatoms. The Balaban J connectivity index is 0. The van der Waals surface area contributed by atoms with Crippen molar-refractivity contribution in [3.8, 4) is 0 Å². The van der Waals surface area contributed by atoms with E-state index in [1.54, 1.807) is 0 Å². The number of nitrogens with zero attached hydrogens (tertiary/aromatic N) is 1. The fraction of sp³-hybridized carbons (Fsp3) is 0.500. The third-order valence-corrected chi connectivity index (χ3v) is 1.22. The minimum absolute atomic E-state index is 0.750. The molecule has 14 heavy (non-hydrogen) atoms. The van der Waals surface area contributed by atoms with Crippen LogP contribution < -0.4 is 15.6 Å². The molecule has 1 aromatic heterocycles. The van der Waals surface area contributed by atoms with Gasteiger partial charge in [-0.05, 0) is 12.4 Å². The predicted octanol–water partition coefficient (Wildman–Crippen LogP) is 1.54.